The van der Waals surface area contributed by atoms with Gasteiger partial charge in [-0.15, -0.1) is 0 Å². The van der Waals surface area contributed by atoms with Gasteiger partial charge in [0.1, 0.15) is 0 Å². The third kappa shape index (κ3) is 1.64. The fourth-order valence-corrected chi connectivity index (χ4v) is 1.94. The van der Waals surface area contributed by atoms with Crippen molar-refractivity contribution in [3.63, 3.8) is 0 Å². The lowest BCUT2D eigenvalue weighted by Gasteiger charge is -2.17. The molecule has 1 aliphatic carbocycles. The molecular formula is C12H15N. The van der Waals surface area contributed by atoms with E-state index in [0.29, 0.717) is 5.92 Å². The molecule has 2 aliphatic rings. The van der Waals surface area contributed by atoms with Crippen LogP contribution in [0.25, 0.3) is 0 Å². The first-order valence-electron chi connectivity index (χ1n) is 4.97. The van der Waals surface area contributed by atoms with E-state index in [1.807, 2.05) is 6.92 Å². The van der Waals surface area contributed by atoms with Crippen LogP contribution in [0.4, 0.5) is 0 Å². The van der Waals surface area contributed by atoms with Crippen molar-refractivity contribution >= 4 is 5.71 Å². The summed E-state index contributed by atoms with van der Waals surface area (Å²) in [6.45, 7) is 3.07. The average molecular weight is 173 g/mol. The van der Waals surface area contributed by atoms with Crippen LogP contribution < -0.4 is 0 Å². The highest BCUT2D eigenvalue weighted by atomic mass is 14.8. The highest BCUT2D eigenvalue weighted by molar-refractivity contribution is 6.03. The number of aliphatic imine (C=N–C) groups is 1. The van der Waals surface area contributed by atoms with Crippen molar-refractivity contribution in [3.05, 3.63) is 36.0 Å². The van der Waals surface area contributed by atoms with Gasteiger partial charge in [-0.05, 0) is 31.4 Å². The molecule has 0 radical (unpaired) electrons. The first-order valence-corrected chi connectivity index (χ1v) is 4.97. The molecule has 2 rings (SSSR count). The molecule has 0 aromatic heterocycles. The maximum atomic E-state index is 4.51. The van der Waals surface area contributed by atoms with Crippen molar-refractivity contribution in [2.75, 3.05) is 6.54 Å². The zero-order valence-corrected chi connectivity index (χ0v) is 8.03. The first-order chi connectivity index (χ1) is 6.42. The molecule has 68 valence electrons. The van der Waals surface area contributed by atoms with E-state index in [4.69, 9.17) is 0 Å². The topological polar surface area (TPSA) is 12.4 Å². The molecule has 0 saturated carbocycles. The normalized spacial score (nSPS) is 29.8. The van der Waals surface area contributed by atoms with E-state index >= 15 is 0 Å². The van der Waals surface area contributed by atoms with Crippen LogP contribution in [0.5, 0.6) is 0 Å². The number of hydrogen-bond donors (Lipinski definition) is 0. The summed E-state index contributed by atoms with van der Waals surface area (Å²) in [5.74, 6) is 0.602. The molecule has 0 amide bonds. The largest absolute Gasteiger partial charge is 0.289 e. The van der Waals surface area contributed by atoms with Crippen LogP contribution in [0.1, 0.15) is 19.8 Å². The summed E-state index contributed by atoms with van der Waals surface area (Å²) in [6.07, 6.45) is 13.3. The summed E-state index contributed by atoms with van der Waals surface area (Å²) < 4.78 is 0. The van der Waals surface area contributed by atoms with Crippen LogP contribution in [0, 0.1) is 5.92 Å². The van der Waals surface area contributed by atoms with Gasteiger partial charge in [0, 0.05) is 18.2 Å². The highest BCUT2D eigenvalue weighted by Gasteiger charge is 2.23. The molecule has 1 unspecified atom stereocenters. The average Bonchev–Trinajstić information content (AvgIpc) is 2.58. The minimum Gasteiger partial charge on any atom is -0.289 e. The molecule has 1 heteroatoms. The Morgan fingerprint density at radius 3 is 3.23 bits per heavy atom. The Bertz CT molecular complexity index is 305. The van der Waals surface area contributed by atoms with E-state index in [1.54, 1.807) is 0 Å². The van der Waals surface area contributed by atoms with Gasteiger partial charge in [0.15, 0.2) is 0 Å². The van der Waals surface area contributed by atoms with Gasteiger partial charge < -0.3 is 0 Å². The maximum absolute atomic E-state index is 4.51. The maximum Gasteiger partial charge on any atom is 0.0423 e. The molecule has 1 atom stereocenters. The highest BCUT2D eigenvalue weighted by Crippen LogP contribution is 2.29. The Balaban J connectivity index is 2.21. The van der Waals surface area contributed by atoms with E-state index in [1.165, 1.54) is 24.1 Å². The van der Waals surface area contributed by atoms with Crippen molar-refractivity contribution in [1.29, 1.82) is 0 Å². The fourth-order valence-electron chi connectivity index (χ4n) is 1.94. The van der Waals surface area contributed by atoms with Gasteiger partial charge in [-0.1, -0.05) is 24.3 Å². The zero-order valence-electron chi connectivity index (χ0n) is 8.03. The van der Waals surface area contributed by atoms with E-state index in [-0.39, 0.29) is 0 Å². The minimum atomic E-state index is 0.602. The molecule has 0 saturated heterocycles. The van der Waals surface area contributed by atoms with Crippen LogP contribution in [-0.4, -0.2) is 12.3 Å². The van der Waals surface area contributed by atoms with Gasteiger partial charge in [0.2, 0.25) is 0 Å². The van der Waals surface area contributed by atoms with Crippen LogP contribution >= 0.6 is 0 Å². The van der Waals surface area contributed by atoms with Gasteiger partial charge in [-0.25, -0.2) is 0 Å². The van der Waals surface area contributed by atoms with Crippen molar-refractivity contribution in [2.45, 2.75) is 19.8 Å². The molecule has 1 heterocycles. The Morgan fingerprint density at radius 1 is 1.46 bits per heavy atom. The molecule has 0 aromatic carbocycles. The van der Waals surface area contributed by atoms with Gasteiger partial charge >= 0.3 is 0 Å². The van der Waals surface area contributed by atoms with Crippen LogP contribution in [-0.2, 0) is 0 Å². The summed E-state index contributed by atoms with van der Waals surface area (Å²) >= 11 is 0. The smallest absolute Gasteiger partial charge is 0.0423 e. The lowest BCUT2D eigenvalue weighted by atomic mass is 9.92. The summed E-state index contributed by atoms with van der Waals surface area (Å²) in [5, 5.41) is 0. The number of hydrogen-bond acceptors (Lipinski definition) is 1. The molecule has 1 aliphatic heterocycles. The van der Waals surface area contributed by atoms with Crippen molar-refractivity contribution < 1.29 is 0 Å². The van der Waals surface area contributed by atoms with Gasteiger partial charge in [0.05, 0.1) is 0 Å². The predicted octanol–water partition coefficient (Wildman–Crippen LogP) is 2.91. The first kappa shape index (κ1) is 8.49. The third-order valence-electron chi connectivity index (χ3n) is 2.63. The molecule has 0 aromatic rings. The van der Waals surface area contributed by atoms with Crippen LogP contribution in [0.3, 0.4) is 0 Å². The zero-order chi connectivity index (χ0) is 9.10. The number of rotatable bonds is 1. The summed E-state index contributed by atoms with van der Waals surface area (Å²) in [7, 11) is 0. The van der Waals surface area contributed by atoms with Crippen LogP contribution in [0.15, 0.2) is 40.9 Å². The van der Waals surface area contributed by atoms with Crippen molar-refractivity contribution in [1.82, 2.24) is 0 Å². The standard InChI is InChI=1S/C12H15N/c1-2-3-5-10-7-8-12-11(10)6-4-9-13-12/h2-3,5,7-8,11H,4,6,9H2,1H3. The lowest BCUT2D eigenvalue weighted by molar-refractivity contribution is 0.645. The summed E-state index contributed by atoms with van der Waals surface area (Å²) in [5.41, 5.74) is 2.72. The monoisotopic (exact) mass is 173 g/mol. The Kier molecular flexibility index (Phi) is 2.44. The van der Waals surface area contributed by atoms with Crippen molar-refractivity contribution in [2.24, 2.45) is 10.9 Å². The second kappa shape index (κ2) is 3.73. The minimum absolute atomic E-state index is 0.602. The molecule has 0 bridgehead atoms. The fraction of sp³-hybridized carbons (Fsp3) is 0.417. The number of fused-ring (bicyclic) bond motifs is 1. The van der Waals surface area contributed by atoms with Gasteiger partial charge in [-0.2, -0.15) is 0 Å². The number of nitrogens with zero attached hydrogens (tertiary/aromatic N) is 1. The second-order valence-electron chi connectivity index (χ2n) is 3.53. The summed E-state index contributed by atoms with van der Waals surface area (Å²) in [6, 6.07) is 0. The van der Waals surface area contributed by atoms with E-state index < -0.39 is 0 Å². The van der Waals surface area contributed by atoms with Gasteiger partial charge in [0.25, 0.3) is 0 Å². The third-order valence-corrected chi connectivity index (χ3v) is 2.63. The van der Waals surface area contributed by atoms with E-state index in [9.17, 15) is 0 Å². The SMILES string of the molecule is CC=CC=C1C=CC2=NCCCC12. The Labute approximate surface area is 79.6 Å². The van der Waals surface area contributed by atoms with Gasteiger partial charge in [-0.3, -0.25) is 4.99 Å². The molecule has 1 nitrogen and oxygen atoms in total. The predicted molar refractivity (Wildman–Crippen MR) is 57.1 cm³/mol. The molecule has 0 spiro atoms. The van der Waals surface area contributed by atoms with E-state index in [0.717, 1.165) is 6.54 Å². The quantitative estimate of drug-likeness (QED) is 0.578. The Hall–Kier alpha value is -1.11. The lowest BCUT2D eigenvalue weighted by Crippen LogP contribution is -2.14. The van der Waals surface area contributed by atoms with E-state index in [2.05, 4.69) is 35.4 Å². The molecule has 13 heavy (non-hydrogen) atoms. The number of allylic oxidation sites excluding steroid dienone is 6. The molecular weight excluding hydrogens is 158 g/mol. The summed E-state index contributed by atoms with van der Waals surface area (Å²) in [4.78, 5) is 4.51. The van der Waals surface area contributed by atoms with Crippen LogP contribution in [0.2, 0.25) is 0 Å². The molecule has 0 fully saturated rings. The second-order valence-corrected chi connectivity index (χ2v) is 3.53. The van der Waals surface area contributed by atoms with Crippen molar-refractivity contribution in [3.8, 4) is 0 Å². The Morgan fingerprint density at radius 2 is 2.38 bits per heavy atom. The molecule has 0 N–H and O–H groups in total.